The molecule has 13 heavy (non-hydrogen) atoms. The first-order chi connectivity index (χ1) is 6.29. The van der Waals surface area contributed by atoms with Crippen LogP contribution >= 0.6 is 0 Å². The molecule has 0 radical (unpaired) electrons. The Balaban J connectivity index is 2.37. The van der Waals surface area contributed by atoms with Crippen LogP contribution in [0.4, 0.5) is 5.69 Å². The standard InChI is InChI=1S/C11H16N2/c1-8(2)9-5-7-12-10-4-3-6-13-11(9)10/h3-4,6,8-9,12H,5,7H2,1-2H3. The van der Waals surface area contributed by atoms with Gasteiger partial charge in [-0.05, 0) is 24.5 Å². The van der Waals surface area contributed by atoms with Crippen molar-refractivity contribution in [2.75, 3.05) is 11.9 Å². The van der Waals surface area contributed by atoms with Crippen LogP contribution in [0.3, 0.4) is 0 Å². The summed E-state index contributed by atoms with van der Waals surface area (Å²) in [6.45, 7) is 5.63. The molecule has 1 aliphatic heterocycles. The molecule has 1 atom stereocenters. The van der Waals surface area contributed by atoms with Crippen LogP contribution in [-0.4, -0.2) is 11.5 Å². The van der Waals surface area contributed by atoms with Crippen LogP contribution in [0.25, 0.3) is 0 Å². The highest BCUT2D eigenvalue weighted by Crippen LogP contribution is 2.34. The second-order valence-electron chi connectivity index (χ2n) is 4.00. The van der Waals surface area contributed by atoms with Gasteiger partial charge in [-0.3, -0.25) is 4.98 Å². The minimum absolute atomic E-state index is 0.637. The molecule has 0 saturated carbocycles. The maximum absolute atomic E-state index is 4.46. The third-order valence-electron chi connectivity index (χ3n) is 2.77. The van der Waals surface area contributed by atoms with E-state index in [0.717, 1.165) is 6.54 Å². The molecule has 0 saturated heterocycles. The van der Waals surface area contributed by atoms with E-state index in [2.05, 4.69) is 30.2 Å². The normalized spacial score (nSPS) is 21.0. The van der Waals surface area contributed by atoms with Gasteiger partial charge in [0, 0.05) is 18.7 Å². The average molecular weight is 176 g/mol. The van der Waals surface area contributed by atoms with Crippen molar-refractivity contribution in [2.24, 2.45) is 5.92 Å². The summed E-state index contributed by atoms with van der Waals surface area (Å²) in [5.74, 6) is 1.33. The quantitative estimate of drug-likeness (QED) is 0.711. The Kier molecular flexibility index (Phi) is 2.21. The monoisotopic (exact) mass is 176 g/mol. The fourth-order valence-electron chi connectivity index (χ4n) is 2.01. The highest BCUT2D eigenvalue weighted by atomic mass is 14.9. The minimum Gasteiger partial charge on any atom is -0.384 e. The predicted octanol–water partition coefficient (Wildman–Crippen LogP) is 2.64. The summed E-state index contributed by atoms with van der Waals surface area (Å²) in [4.78, 5) is 4.46. The first kappa shape index (κ1) is 8.54. The summed E-state index contributed by atoms with van der Waals surface area (Å²) < 4.78 is 0. The van der Waals surface area contributed by atoms with E-state index in [-0.39, 0.29) is 0 Å². The Morgan fingerprint density at radius 3 is 3.15 bits per heavy atom. The average Bonchev–Trinajstić information content (AvgIpc) is 2.17. The van der Waals surface area contributed by atoms with Crippen molar-refractivity contribution >= 4 is 5.69 Å². The van der Waals surface area contributed by atoms with Crippen LogP contribution in [0.1, 0.15) is 31.9 Å². The molecule has 1 unspecified atom stereocenters. The summed E-state index contributed by atoms with van der Waals surface area (Å²) in [5, 5.41) is 3.38. The molecule has 1 aliphatic rings. The lowest BCUT2D eigenvalue weighted by Crippen LogP contribution is -2.21. The molecule has 1 N–H and O–H groups in total. The van der Waals surface area contributed by atoms with Gasteiger partial charge >= 0.3 is 0 Å². The van der Waals surface area contributed by atoms with E-state index < -0.39 is 0 Å². The van der Waals surface area contributed by atoms with Gasteiger partial charge in [-0.2, -0.15) is 0 Å². The number of nitrogens with one attached hydrogen (secondary N) is 1. The molecule has 70 valence electrons. The van der Waals surface area contributed by atoms with Gasteiger partial charge in [-0.1, -0.05) is 13.8 Å². The van der Waals surface area contributed by atoms with Crippen molar-refractivity contribution in [3.05, 3.63) is 24.0 Å². The van der Waals surface area contributed by atoms with Gasteiger partial charge in [0.25, 0.3) is 0 Å². The molecular formula is C11H16N2. The molecule has 2 heterocycles. The second-order valence-corrected chi connectivity index (χ2v) is 4.00. The van der Waals surface area contributed by atoms with E-state index in [0.29, 0.717) is 11.8 Å². The van der Waals surface area contributed by atoms with Crippen molar-refractivity contribution in [1.29, 1.82) is 0 Å². The number of pyridine rings is 1. The Morgan fingerprint density at radius 2 is 2.38 bits per heavy atom. The maximum Gasteiger partial charge on any atom is 0.0668 e. The Hall–Kier alpha value is -1.05. The van der Waals surface area contributed by atoms with Gasteiger partial charge in [0.05, 0.1) is 11.4 Å². The molecule has 0 bridgehead atoms. The van der Waals surface area contributed by atoms with Crippen LogP contribution in [-0.2, 0) is 0 Å². The van der Waals surface area contributed by atoms with Gasteiger partial charge < -0.3 is 5.32 Å². The molecule has 0 spiro atoms. The third kappa shape index (κ3) is 1.53. The predicted molar refractivity (Wildman–Crippen MR) is 54.9 cm³/mol. The van der Waals surface area contributed by atoms with Gasteiger partial charge in [-0.15, -0.1) is 0 Å². The second kappa shape index (κ2) is 3.36. The lowest BCUT2D eigenvalue weighted by molar-refractivity contribution is 0.459. The molecule has 0 aromatic carbocycles. The van der Waals surface area contributed by atoms with Crippen LogP contribution in [0.2, 0.25) is 0 Å². The van der Waals surface area contributed by atoms with Crippen molar-refractivity contribution in [3.8, 4) is 0 Å². The van der Waals surface area contributed by atoms with E-state index >= 15 is 0 Å². The van der Waals surface area contributed by atoms with Crippen LogP contribution in [0.5, 0.6) is 0 Å². The highest BCUT2D eigenvalue weighted by Gasteiger charge is 2.23. The molecule has 0 aliphatic carbocycles. The smallest absolute Gasteiger partial charge is 0.0668 e. The Morgan fingerprint density at radius 1 is 1.54 bits per heavy atom. The Bertz CT molecular complexity index is 294. The number of rotatable bonds is 1. The lowest BCUT2D eigenvalue weighted by atomic mass is 9.86. The number of hydrogen-bond donors (Lipinski definition) is 1. The molecule has 2 rings (SSSR count). The zero-order valence-electron chi connectivity index (χ0n) is 8.25. The molecule has 2 nitrogen and oxygen atoms in total. The fourth-order valence-corrected chi connectivity index (χ4v) is 2.01. The maximum atomic E-state index is 4.46. The summed E-state index contributed by atoms with van der Waals surface area (Å²) >= 11 is 0. The number of fused-ring (bicyclic) bond motifs is 1. The zero-order chi connectivity index (χ0) is 9.26. The van der Waals surface area contributed by atoms with Gasteiger partial charge in [-0.25, -0.2) is 0 Å². The van der Waals surface area contributed by atoms with E-state index in [1.165, 1.54) is 17.8 Å². The van der Waals surface area contributed by atoms with Gasteiger partial charge in [0.2, 0.25) is 0 Å². The number of anilines is 1. The van der Waals surface area contributed by atoms with E-state index in [4.69, 9.17) is 0 Å². The van der Waals surface area contributed by atoms with Crippen molar-refractivity contribution in [3.63, 3.8) is 0 Å². The lowest BCUT2D eigenvalue weighted by Gasteiger charge is -2.28. The van der Waals surface area contributed by atoms with Crippen LogP contribution in [0, 0.1) is 5.92 Å². The van der Waals surface area contributed by atoms with Crippen LogP contribution in [0.15, 0.2) is 18.3 Å². The minimum atomic E-state index is 0.637. The first-order valence-electron chi connectivity index (χ1n) is 4.98. The molecule has 2 heteroatoms. The summed E-state index contributed by atoms with van der Waals surface area (Å²) in [6.07, 6.45) is 3.10. The molecule has 0 amide bonds. The van der Waals surface area contributed by atoms with Crippen molar-refractivity contribution in [1.82, 2.24) is 4.98 Å². The summed E-state index contributed by atoms with van der Waals surface area (Å²) in [5.41, 5.74) is 2.48. The van der Waals surface area contributed by atoms with Crippen molar-refractivity contribution < 1.29 is 0 Å². The topological polar surface area (TPSA) is 24.9 Å². The van der Waals surface area contributed by atoms with Crippen LogP contribution < -0.4 is 5.32 Å². The van der Waals surface area contributed by atoms with E-state index in [9.17, 15) is 0 Å². The molecule has 1 aromatic rings. The zero-order valence-corrected chi connectivity index (χ0v) is 8.25. The number of hydrogen-bond acceptors (Lipinski definition) is 2. The van der Waals surface area contributed by atoms with Gasteiger partial charge in [0.15, 0.2) is 0 Å². The first-order valence-corrected chi connectivity index (χ1v) is 4.98. The largest absolute Gasteiger partial charge is 0.384 e. The number of nitrogens with zero attached hydrogens (tertiary/aromatic N) is 1. The number of aromatic nitrogens is 1. The third-order valence-corrected chi connectivity index (χ3v) is 2.77. The Labute approximate surface area is 79.4 Å². The highest BCUT2D eigenvalue weighted by molar-refractivity contribution is 5.51. The summed E-state index contributed by atoms with van der Waals surface area (Å²) in [7, 11) is 0. The SMILES string of the molecule is CC(C)C1CCNc2cccnc21. The molecule has 0 fully saturated rings. The summed E-state index contributed by atoms with van der Waals surface area (Å²) in [6, 6.07) is 4.12. The molecule has 1 aromatic heterocycles. The van der Waals surface area contributed by atoms with Gasteiger partial charge in [0.1, 0.15) is 0 Å². The fraction of sp³-hybridized carbons (Fsp3) is 0.545. The van der Waals surface area contributed by atoms with Crippen molar-refractivity contribution in [2.45, 2.75) is 26.2 Å². The molecular weight excluding hydrogens is 160 g/mol. The van der Waals surface area contributed by atoms with E-state index in [1.807, 2.05) is 12.3 Å². The van der Waals surface area contributed by atoms with E-state index in [1.54, 1.807) is 0 Å².